The number of rotatable bonds is 4. The van der Waals surface area contributed by atoms with Gasteiger partial charge in [-0.2, -0.15) is 0 Å². The molecule has 1 aromatic rings. The minimum Gasteiger partial charge on any atom is -0.494 e. The third-order valence-electron chi connectivity index (χ3n) is 3.92. The summed E-state index contributed by atoms with van der Waals surface area (Å²) in [7, 11) is 0. The lowest BCUT2D eigenvalue weighted by atomic mass is 9.85. The van der Waals surface area contributed by atoms with Crippen molar-refractivity contribution in [3.63, 3.8) is 0 Å². The van der Waals surface area contributed by atoms with Crippen molar-refractivity contribution in [1.82, 2.24) is 5.32 Å². The van der Waals surface area contributed by atoms with E-state index in [2.05, 4.69) is 52.1 Å². The lowest BCUT2D eigenvalue weighted by Crippen LogP contribution is -2.21. The molecule has 18 heavy (non-hydrogen) atoms. The second-order valence-electron chi connectivity index (χ2n) is 5.80. The van der Waals surface area contributed by atoms with Crippen LogP contribution >= 0.6 is 0 Å². The molecule has 2 nitrogen and oxygen atoms in total. The van der Waals surface area contributed by atoms with Gasteiger partial charge in [-0.05, 0) is 49.4 Å². The molecule has 0 saturated carbocycles. The molecule has 100 valence electrons. The molecule has 0 amide bonds. The van der Waals surface area contributed by atoms with Crippen LogP contribution in [0.5, 0.6) is 5.75 Å². The molecule has 0 fully saturated rings. The van der Waals surface area contributed by atoms with Crippen LogP contribution < -0.4 is 10.1 Å². The Morgan fingerprint density at radius 1 is 1.33 bits per heavy atom. The quantitative estimate of drug-likeness (QED) is 0.875. The van der Waals surface area contributed by atoms with Gasteiger partial charge >= 0.3 is 0 Å². The van der Waals surface area contributed by atoms with Gasteiger partial charge in [0.2, 0.25) is 0 Å². The summed E-state index contributed by atoms with van der Waals surface area (Å²) in [6.45, 7) is 12.8. The zero-order valence-electron chi connectivity index (χ0n) is 12.3. The third kappa shape index (κ3) is 2.14. The molecule has 0 aromatic heterocycles. The highest BCUT2D eigenvalue weighted by Crippen LogP contribution is 2.49. The van der Waals surface area contributed by atoms with Crippen molar-refractivity contribution in [3.05, 3.63) is 28.8 Å². The van der Waals surface area contributed by atoms with Crippen molar-refractivity contribution >= 4 is 0 Å². The van der Waals surface area contributed by atoms with Gasteiger partial charge in [0.1, 0.15) is 5.75 Å². The van der Waals surface area contributed by atoms with E-state index in [1.54, 1.807) is 0 Å². The Labute approximate surface area is 111 Å². The minimum absolute atomic E-state index is 0.193. The predicted molar refractivity (Wildman–Crippen MR) is 76.4 cm³/mol. The van der Waals surface area contributed by atoms with Crippen LogP contribution in [0.1, 0.15) is 56.8 Å². The fraction of sp³-hybridized carbons (Fsp3) is 0.625. The van der Waals surface area contributed by atoms with E-state index >= 15 is 0 Å². The van der Waals surface area contributed by atoms with Gasteiger partial charge < -0.3 is 10.1 Å². The van der Waals surface area contributed by atoms with E-state index in [1.807, 2.05) is 0 Å². The van der Waals surface area contributed by atoms with Crippen LogP contribution in [0.25, 0.3) is 0 Å². The molecule has 1 N–H and O–H groups in total. The normalized spacial score (nSPS) is 20.8. The van der Waals surface area contributed by atoms with E-state index in [9.17, 15) is 0 Å². The van der Waals surface area contributed by atoms with Crippen LogP contribution in [0.4, 0.5) is 0 Å². The predicted octanol–water partition coefficient (Wildman–Crippen LogP) is 3.73. The molecule has 2 rings (SSSR count). The highest BCUT2D eigenvalue weighted by atomic mass is 16.5. The fourth-order valence-electron chi connectivity index (χ4n) is 3.26. The van der Waals surface area contributed by atoms with Gasteiger partial charge in [-0.15, -0.1) is 0 Å². The van der Waals surface area contributed by atoms with Crippen LogP contribution in [-0.2, 0) is 5.41 Å². The summed E-state index contributed by atoms with van der Waals surface area (Å²) in [6.07, 6.45) is 1.15. The number of hydrogen-bond donors (Lipinski definition) is 1. The third-order valence-corrected chi connectivity index (χ3v) is 3.92. The lowest BCUT2D eigenvalue weighted by Gasteiger charge is -2.22. The first kappa shape index (κ1) is 13.4. The average Bonchev–Trinajstić information content (AvgIpc) is 2.56. The highest BCUT2D eigenvalue weighted by molar-refractivity contribution is 5.54. The van der Waals surface area contributed by atoms with E-state index in [-0.39, 0.29) is 5.41 Å². The minimum atomic E-state index is 0.193. The molecule has 0 bridgehead atoms. The van der Waals surface area contributed by atoms with E-state index in [0.29, 0.717) is 6.04 Å². The van der Waals surface area contributed by atoms with E-state index in [4.69, 9.17) is 4.74 Å². The molecule has 2 heteroatoms. The van der Waals surface area contributed by atoms with Crippen molar-refractivity contribution in [2.75, 3.05) is 13.2 Å². The molecule has 1 aliphatic rings. The summed E-state index contributed by atoms with van der Waals surface area (Å²) in [4.78, 5) is 0. The van der Waals surface area contributed by atoms with Gasteiger partial charge in [0.25, 0.3) is 0 Å². The molecule has 1 atom stereocenters. The van der Waals surface area contributed by atoms with E-state index in [1.165, 1.54) is 16.7 Å². The van der Waals surface area contributed by atoms with E-state index < -0.39 is 0 Å². The monoisotopic (exact) mass is 247 g/mol. The van der Waals surface area contributed by atoms with Gasteiger partial charge in [-0.25, -0.2) is 0 Å². The molecule has 0 heterocycles. The summed E-state index contributed by atoms with van der Waals surface area (Å²) >= 11 is 0. The van der Waals surface area contributed by atoms with Crippen LogP contribution in [0.3, 0.4) is 0 Å². The maximum Gasteiger partial charge on any atom is 0.123 e. The number of benzene rings is 1. The topological polar surface area (TPSA) is 21.3 Å². The first-order valence-corrected chi connectivity index (χ1v) is 7.01. The van der Waals surface area contributed by atoms with Crippen LogP contribution in [0.15, 0.2) is 12.1 Å². The average molecular weight is 247 g/mol. The Balaban J connectivity index is 2.54. The van der Waals surface area contributed by atoms with Crippen LogP contribution in [-0.4, -0.2) is 13.2 Å². The molecule has 0 saturated heterocycles. The van der Waals surface area contributed by atoms with Crippen LogP contribution in [0.2, 0.25) is 0 Å². The van der Waals surface area contributed by atoms with Gasteiger partial charge in [-0.1, -0.05) is 26.8 Å². The number of nitrogens with one attached hydrogen (secondary N) is 1. The largest absolute Gasteiger partial charge is 0.494 e. The fourth-order valence-corrected chi connectivity index (χ4v) is 3.26. The first-order chi connectivity index (χ1) is 8.51. The smallest absolute Gasteiger partial charge is 0.123 e. The Morgan fingerprint density at radius 3 is 2.67 bits per heavy atom. The Morgan fingerprint density at radius 2 is 2.06 bits per heavy atom. The first-order valence-electron chi connectivity index (χ1n) is 7.01. The molecule has 0 aliphatic heterocycles. The zero-order valence-corrected chi connectivity index (χ0v) is 12.3. The molecule has 1 aliphatic carbocycles. The number of ether oxygens (including phenoxy) is 1. The van der Waals surface area contributed by atoms with Gasteiger partial charge in [0, 0.05) is 11.6 Å². The highest BCUT2D eigenvalue weighted by Gasteiger charge is 2.39. The Bertz CT molecular complexity index is 437. The zero-order chi connectivity index (χ0) is 13.3. The van der Waals surface area contributed by atoms with Crippen molar-refractivity contribution in [2.45, 2.75) is 52.5 Å². The van der Waals surface area contributed by atoms with Gasteiger partial charge in [-0.3, -0.25) is 0 Å². The maximum absolute atomic E-state index is 5.84. The second-order valence-corrected chi connectivity index (χ2v) is 5.80. The summed E-state index contributed by atoms with van der Waals surface area (Å²) in [5.74, 6) is 1.07. The summed E-state index contributed by atoms with van der Waals surface area (Å²) in [5.41, 5.74) is 4.45. The van der Waals surface area contributed by atoms with Gasteiger partial charge in [0.05, 0.1) is 6.61 Å². The molecule has 0 spiro atoms. The number of aryl methyl sites for hydroxylation is 1. The molecular formula is C16H25NO. The molecule has 0 radical (unpaired) electrons. The lowest BCUT2D eigenvalue weighted by molar-refractivity contribution is 0.328. The van der Waals surface area contributed by atoms with Crippen molar-refractivity contribution in [3.8, 4) is 5.75 Å². The second kappa shape index (κ2) is 4.93. The Hall–Kier alpha value is -1.02. The summed E-state index contributed by atoms with van der Waals surface area (Å²) in [5, 5.41) is 3.61. The molecule has 1 unspecified atom stereocenters. The Kier molecular flexibility index (Phi) is 3.67. The van der Waals surface area contributed by atoms with Gasteiger partial charge in [0.15, 0.2) is 0 Å². The standard InChI is InChI=1S/C16H25NO/c1-6-17-12-10-16(4,5)15-13(18-7-2)9-8-11(3)14(12)15/h8-9,12,17H,6-7,10H2,1-5H3. The maximum atomic E-state index is 5.84. The van der Waals surface area contributed by atoms with Crippen molar-refractivity contribution in [2.24, 2.45) is 0 Å². The van der Waals surface area contributed by atoms with E-state index in [0.717, 1.165) is 25.3 Å². The number of hydrogen-bond acceptors (Lipinski definition) is 2. The molecular weight excluding hydrogens is 222 g/mol. The SMILES string of the molecule is CCNC1CC(C)(C)c2c(OCC)ccc(C)c21. The summed E-state index contributed by atoms with van der Waals surface area (Å²) < 4.78 is 5.84. The van der Waals surface area contributed by atoms with Crippen molar-refractivity contribution in [1.29, 1.82) is 0 Å². The van der Waals surface area contributed by atoms with Crippen molar-refractivity contribution < 1.29 is 4.74 Å². The molecule has 1 aromatic carbocycles. The van der Waals surface area contributed by atoms with Crippen LogP contribution in [0, 0.1) is 6.92 Å². The summed E-state index contributed by atoms with van der Waals surface area (Å²) in [6, 6.07) is 4.80. The number of fused-ring (bicyclic) bond motifs is 1.